The Kier molecular flexibility index (Phi) is 4.47. The number of oxime groups is 1. The van der Waals surface area contributed by atoms with E-state index in [1.165, 1.54) is 13.8 Å². The summed E-state index contributed by atoms with van der Waals surface area (Å²) in [4.78, 5) is 26.5. The maximum Gasteiger partial charge on any atom is 0.353 e. The first-order chi connectivity index (χ1) is 7.04. The van der Waals surface area contributed by atoms with Gasteiger partial charge in [0.15, 0.2) is 6.21 Å². The normalized spacial score (nSPS) is 12.6. The molecule has 6 heteroatoms. The lowest BCUT2D eigenvalue weighted by atomic mass is 10.1. The maximum atomic E-state index is 11.6. The second-order valence-corrected chi connectivity index (χ2v) is 4.68. The Balaban J connectivity index is 4.43. The van der Waals surface area contributed by atoms with Gasteiger partial charge < -0.3 is 14.7 Å². The van der Waals surface area contributed by atoms with Gasteiger partial charge in [-0.15, -0.1) is 0 Å². The van der Waals surface area contributed by atoms with Crippen LogP contribution in [0.25, 0.3) is 0 Å². The Morgan fingerprint density at radius 2 is 1.69 bits per heavy atom. The summed E-state index contributed by atoms with van der Waals surface area (Å²) >= 11 is 0. The van der Waals surface area contributed by atoms with Crippen LogP contribution in [0.1, 0.15) is 34.6 Å². The number of hydrogen-bond donors (Lipinski definition) is 1. The van der Waals surface area contributed by atoms with Crippen LogP contribution in [-0.4, -0.2) is 34.5 Å². The monoisotopic (exact) mass is 231 g/mol. The summed E-state index contributed by atoms with van der Waals surface area (Å²) in [7, 11) is 0. The third-order valence-electron chi connectivity index (χ3n) is 1.33. The van der Waals surface area contributed by atoms with Crippen LogP contribution in [-0.2, 0) is 19.2 Å². The molecule has 6 nitrogen and oxygen atoms in total. The van der Waals surface area contributed by atoms with Crippen LogP contribution in [0.3, 0.4) is 0 Å². The van der Waals surface area contributed by atoms with Gasteiger partial charge in [-0.3, -0.25) is 0 Å². The van der Waals surface area contributed by atoms with Crippen LogP contribution in [0.2, 0.25) is 0 Å². The van der Waals surface area contributed by atoms with Gasteiger partial charge in [-0.1, -0.05) is 5.16 Å². The van der Waals surface area contributed by atoms with Crippen LogP contribution in [0.15, 0.2) is 5.16 Å². The van der Waals surface area contributed by atoms with Gasteiger partial charge in [-0.05, 0) is 34.6 Å². The lowest BCUT2D eigenvalue weighted by molar-refractivity contribution is -0.179. The van der Waals surface area contributed by atoms with Crippen molar-refractivity contribution < 1.29 is 24.3 Å². The standard InChI is InChI=1S/C10H17NO5/c1-9(2,3)15-8(14)10(4,5)16-11-6-7(12)13/h6H,1-5H3,(H,12,13)/b11-6-. The molecular formula is C10H17NO5. The molecule has 0 aromatic heterocycles. The van der Waals surface area contributed by atoms with Crippen molar-refractivity contribution in [3.05, 3.63) is 0 Å². The van der Waals surface area contributed by atoms with E-state index in [1.807, 2.05) is 0 Å². The molecule has 92 valence electrons. The predicted octanol–water partition coefficient (Wildman–Crippen LogP) is 1.19. The molecule has 0 aliphatic rings. The fourth-order valence-corrected chi connectivity index (χ4v) is 0.641. The minimum absolute atomic E-state index is 0.562. The average Bonchev–Trinajstić information content (AvgIpc) is 1.99. The highest BCUT2D eigenvalue weighted by atomic mass is 16.7. The second-order valence-electron chi connectivity index (χ2n) is 4.68. The Morgan fingerprint density at radius 3 is 2.06 bits per heavy atom. The van der Waals surface area contributed by atoms with Crippen LogP contribution in [0.5, 0.6) is 0 Å². The lowest BCUT2D eigenvalue weighted by Crippen LogP contribution is -2.39. The van der Waals surface area contributed by atoms with E-state index >= 15 is 0 Å². The summed E-state index contributed by atoms with van der Waals surface area (Å²) in [6.45, 7) is 8.06. The number of carbonyl (C=O) groups is 2. The third-order valence-corrected chi connectivity index (χ3v) is 1.33. The number of esters is 1. The number of ether oxygens (including phenoxy) is 1. The van der Waals surface area contributed by atoms with E-state index in [9.17, 15) is 9.59 Å². The highest BCUT2D eigenvalue weighted by molar-refractivity contribution is 6.21. The van der Waals surface area contributed by atoms with Gasteiger partial charge in [0.05, 0.1) is 0 Å². The number of aliphatic carboxylic acids is 1. The van der Waals surface area contributed by atoms with E-state index in [0.29, 0.717) is 6.21 Å². The first kappa shape index (κ1) is 14.4. The molecule has 0 bridgehead atoms. The highest BCUT2D eigenvalue weighted by Crippen LogP contribution is 2.17. The first-order valence-electron chi connectivity index (χ1n) is 4.72. The van der Waals surface area contributed by atoms with Crippen molar-refractivity contribution in [2.24, 2.45) is 5.16 Å². The van der Waals surface area contributed by atoms with Crippen LogP contribution >= 0.6 is 0 Å². The number of hydrogen-bond acceptors (Lipinski definition) is 5. The number of nitrogens with zero attached hydrogens (tertiary/aromatic N) is 1. The number of carboxylic acid groups (broad SMARTS) is 1. The van der Waals surface area contributed by atoms with E-state index in [1.54, 1.807) is 20.8 Å². The minimum Gasteiger partial charge on any atom is -0.477 e. The minimum atomic E-state index is -1.32. The molecule has 0 fully saturated rings. The van der Waals surface area contributed by atoms with Crippen molar-refractivity contribution in [2.45, 2.75) is 45.8 Å². The summed E-state index contributed by atoms with van der Waals surface area (Å²) < 4.78 is 5.07. The molecule has 0 aromatic carbocycles. The average molecular weight is 231 g/mol. The molecule has 0 amide bonds. The van der Waals surface area contributed by atoms with Crippen molar-refractivity contribution in [1.82, 2.24) is 0 Å². The Labute approximate surface area is 94.2 Å². The van der Waals surface area contributed by atoms with Crippen molar-refractivity contribution in [2.75, 3.05) is 0 Å². The van der Waals surface area contributed by atoms with Gasteiger partial charge in [-0.25, -0.2) is 9.59 Å². The zero-order chi connectivity index (χ0) is 13.0. The van der Waals surface area contributed by atoms with Crippen LogP contribution in [0.4, 0.5) is 0 Å². The summed E-state index contributed by atoms with van der Waals surface area (Å²) in [6.07, 6.45) is 0.562. The third kappa shape index (κ3) is 6.00. The molecule has 16 heavy (non-hydrogen) atoms. The van der Waals surface area contributed by atoms with Crippen molar-refractivity contribution in [3.63, 3.8) is 0 Å². The van der Waals surface area contributed by atoms with Crippen molar-refractivity contribution in [3.8, 4) is 0 Å². The van der Waals surface area contributed by atoms with Gasteiger partial charge in [-0.2, -0.15) is 0 Å². The van der Waals surface area contributed by atoms with Crippen molar-refractivity contribution >= 4 is 18.2 Å². The highest BCUT2D eigenvalue weighted by Gasteiger charge is 2.35. The molecule has 0 heterocycles. The van der Waals surface area contributed by atoms with Gasteiger partial charge in [0.1, 0.15) is 5.60 Å². The summed E-state index contributed by atoms with van der Waals surface area (Å²) in [5.74, 6) is -1.86. The second kappa shape index (κ2) is 4.96. The van der Waals surface area contributed by atoms with Crippen molar-refractivity contribution in [1.29, 1.82) is 0 Å². The number of rotatable bonds is 4. The Hall–Kier alpha value is -1.59. The fourth-order valence-electron chi connectivity index (χ4n) is 0.641. The molecule has 0 unspecified atom stereocenters. The maximum absolute atomic E-state index is 11.6. The Bertz CT molecular complexity index is 301. The molecule has 0 rings (SSSR count). The van der Waals surface area contributed by atoms with E-state index < -0.39 is 23.1 Å². The zero-order valence-corrected chi connectivity index (χ0v) is 10.1. The molecule has 0 aromatic rings. The van der Waals surface area contributed by atoms with Gasteiger partial charge in [0.2, 0.25) is 5.60 Å². The molecule has 0 aliphatic heterocycles. The van der Waals surface area contributed by atoms with Gasteiger partial charge in [0, 0.05) is 0 Å². The van der Waals surface area contributed by atoms with Gasteiger partial charge >= 0.3 is 11.9 Å². The van der Waals surface area contributed by atoms with E-state index in [0.717, 1.165) is 0 Å². The molecule has 0 radical (unpaired) electrons. The van der Waals surface area contributed by atoms with E-state index in [-0.39, 0.29) is 0 Å². The molecular weight excluding hydrogens is 214 g/mol. The smallest absolute Gasteiger partial charge is 0.353 e. The zero-order valence-electron chi connectivity index (χ0n) is 10.1. The lowest BCUT2D eigenvalue weighted by Gasteiger charge is -2.26. The van der Waals surface area contributed by atoms with E-state index in [4.69, 9.17) is 14.7 Å². The topological polar surface area (TPSA) is 85.2 Å². The molecule has 0 saturated heterocycles. The number of carboxylic acids is 1. The summed E-state index contributed by atoms with van der Waals surface area (Å²) in [6, 6.07) is 0. The Morgan fingerprint density at radius 1 is 1.19 bits per heavy atom. The fraction of sp³-hybridized carbons (Fsp3) is 0.700. The SMILES string of the molecule is CC(C)(C)OC(=O)C(C)(C)O/N=C\C(=O)O. The van der Waals surface area contributed by atoms with Gasteiger partial charge in [0.25, 0.3) is 0 Å². The molecule has 0 saturated carbocycles. The largest absolute Gasteiger partial charge is 0.477 e. The predicted molar refractivity (Wildman–Crippen MR) is 57.1 cm³/mol. The molecule has 0 spiro atoms. The van der Waals surface area contributed by atoms with E-state index in [2.05, 4.69) is 5.16 Å². The number of carbonyl (C=O) groups excluding carboxylic acids is 1. The van der Waals surface area contributed by atoms with Crippen LogP contribution < -0.4 is 0 Å². The summed E-state index contributed by atoms with van der Waals surface area (Å²) in [5, 5.41) is 11.5. The molecule has 0 aliphatic carbocycles. The molecule has 1 N–H and O–H groups in total. The summed E-state index contributed by atoms with van der Waals surface area (Å²) in [5.41, 5.74) is -1.95. The first-order valence-corrected chi connectivity index (χ1v) is 4.72. The quantitative estimate of drug-likeness (QED) is 0.446. The van der Waals surface area contributed by atoms with Crippen LogP contribution in [0, 0.1) is 0 Å². The molecule has 0 atom stereocenters.